The molecule has 2 N–H and O–H groups in total. The lowest BCUT2D eigenvalue weighted by atomic mass is 10.2. The van der Waals surface area contributed by atoms with Crippen LogP contribution in [-0.2, 0) is 14.3 Å². The molecular formula is C15H14ClFN2O5. The third kappa shape index (κ3) is 3.24. The number of benzene rings is 1. The molecular weight excluding hydrogens is 343 g/mol. The first kappa shape index (κ1) is 17.9. The highest BCUT2D eigenvalue weighted by atomic mass is 35.5. The number of aliphatic hydroxyl groups excluding tert-OH is 1. The van der Waals surface area contributed by atoms with Crippen molar-refractivity contribution in [3.05, 3.63) is 39.8 Å². The van der Waals surface area contributed by atoms with Crippen molar-refractivity contribution in [2.24, 2.45) is 0 Å². The van der Waals surface area contributed by atoms with Crippen molar-refractivity contribution in [1.82, 2.24) is 4.90 Å². The molecule has 0 radical (unpaired) electrons. The van der Waals surface area contributed by atoms with Gasteiger partial charge in [0.05, 0.1) is 36.5 Å². The number of β-amino-alcohol motifs (C(OH)–C–C–N with tert-alkyl or cyclic N) is 1. The van der Waals surface area contributed by atoms with Gasteiger partial charge in [0, 0.05) is 12.1 Å². The molecule has 0 unspecified atom stereocenters. The van der Waals surface area contributed by atoms with Gasteiger partial charge in [-0.25, -0.2) is 9.18 Å². The first-order chi connectivity index (χ1) is 11.4. The summed E-state index contributed by atoms with van der Waals surface area (Å²) in [5.74, 6) is -2.26. The molecule has 0 fully saturated rings. The number of amides is 1. The number of methoxy groups -OCH3 is 1. The normalized spacial score (nSPS) is 14.2. The summed E-state index contributed by atoms with van der Waals surface area (Å²) in [4.78, 5) is 36.1. The standard InChI is InChI=1S/C15H14ClFN2O5/c1-24-15(23)9-6-19(4-5-20)14(22)13(9)18-10-3-2-8(7-21)11(16)12(10)17/h2-3,7,18,20H,4-6H2,1H3. The monoisotopic (exact) mass is 356 g/mol. The van der Waals surface area contributed by atoms with E-state index in [-0.39, 0.29) is 42.2 Å². The Kier molecular flexibility index (Phi) is 5.53. The second kappa shape index (κ2) is 7.41. The van der Waals surface area contributed by atoms with Crippen LogP contribution in [0.25, 0.3) is 0 Å². The molecule has 0 spiro atoms. The number of nitrogens with one attached hydrogen (secondary N) is 1. The fraction of sp³-hybridized carbons (Fsp3) is 0.267. The van der Waals surface area contributed by atoms with Gasteiger partial charge in [-0.15, -0.1) is 0 Å². The summed E-state index contributed by atoms with van der Waals surface area (Å²) in [7, 11) is 1.16. The number of carbonyl (C=O) groups excluding carboxylic acids is 3. The van der Waals surface area contributed by atoms with Gasteiger partial charge in [0.2, 0.25) is 0 Å². The van der Waals surface area contributed by atoms with Gasteiger partial charge in [0.1, 0.15) is 5.70 Å². The van der Waals surface area contributed by atoms with Gasteiger partial charge < -0.3 is 20.1 Å². The number of ether oxygens (including phenoxy) is 1. The lowest BCUT2D eigenvalue weighted by Gasteiger charge is -2.15. The van der Waals surface area contributed by atoms with E-state index in [0.717, 1.165) is 7.11 Å². The van der Waals surface area contributed by atoms with Gasteiger partial charge in [-0.05, 0) is 12.1 Å². The molecule has 0 aliphatic carbocycles. The smallest absolute Gasteiger partial charge is 0.337 e. The second-order valence-electron chi connectivity index (χ2n) is 4.87. The van der Waals surface area contributed by atoms with Crippen LogP contribution in [-0.4, -0.2) is 55.0 Å². The van der Waals surface area contributed by atoms with E-state index in [4.69, 9.17) is 16.7 Å². The van der Waals surface area contributed by atoms with Gasteiger partial charge in [0.15, 0.2) is 12.1 Å². The zero-order valence-electron chi connectivity index (χ0n) is 12.6. The van der Waals surface area contributed by atoms with Gasteiger partial charge in [-0.3, -0.25) is 9.59 Å². The molecule has 0 saturated carbocycles. The van der Waals surface area contributed by atoms with Gasteiger partial charge in [-0.2, -0.15) is 0 Å². The minimum atomic E-state index is -0.925. The molecule has 7 nitrogen and oxygen atoms in total. The number of hydrogen-bond acceptors (Lipinski definition) is 6. The minimum Gasteiger partial charge on any atom is -0.466 e. The molecule has 128 valence electrons. The number of anilines is 1. The van der Waals surface area contributed by atoms with Crippen LogP contribution >= 0.6 is 11.6 Å². The summed E-state index contributed by atoms with van der Waals surface area (Å²) in [5.41, 5.74) is -0.363. The molecule has 0 saturated heterocycles. The largest absolute Gasteiger partial charge is 0.466 e. The molecule has 1 heterocycles. The highest BCUT2D eigenvalue weighted by molar-refractivity contribution is 6.33. The van der Waals surface area contributed by atoms with Crippen molar-refractivity contribution in [3.63, 3.8) is 0 Å². The van der Waals surface area contributed by atoms with E-state index in [2.05, 4.69) is 10.1 Å². The Balaban J connectivity index is 2.41. The van der Waals surface area contributed by atoms with E-state index in [1.165, 1.54) is 17.0 Å². The van der Waals surface area contributed by atoms with E-state index in [1.54, 1.807) is 0 Å². The number of aliphatic hydroxyl groups is 1. The van der Waals surface area contributed by atoms with Gasteiger partial charge >= 0.3 is 5.97 Å². The molecule has 0 atom stereocenters. The topological polar surface area (TPSA) is 95.9 Å². The van der Waals surface area contributed by atoms with Crippen LogP contribution in [0.15, 0.2) is 23.4 Å². The van der Waals surface area contributed by atoms with E-state index >= 15 is 0 Å². The van der Waals surface area contributed by atoms with Crippen molar-refractivity contribution >= 4 is 35.5 Å². The molecule has 1 aliphatic rings. The van der Waals surface area contributed by atoms with Gasteiger partial charge in [0.25, 0.3) is 5.91 Å². The Morgan fingerprint density at radius 1 is 1.54 bits per heavy atom. The minimum absolute atomic E-state index is 0.00550. The first-order valence-electron chi connectivity index (χ1n) is 6.86. The highest BCUT2D eigenvalue weighted by Gasteiger charge is 2.35. The summed E-state index contributed by atoms with van der Waals surface area (Å²) in [6, 6.07) is 2.51. The SMILES string of the molecule is COC(=O)C1=C(Nc2ccc(C=O)c(Cl)c2F)C(=O)N(CCO)C1. The molecule has 1 aromatic carbocycles. The molecule has 1 amide bonds. The highest BCUT2D eigenvalue weighted by Crippen LogP contribution is 2.29. The number of aldehydes is 1. The molecule has 24 heavy (non-hydrogen) atoms. The maximum absolute atomic E-state index is 14.2. The predicted molar refractivity (Wildman–Crippen MR) is 83.1 cm³/mol. The molecule has 1 aromatic rings. The molecule has 0 bridgehead atoms. The third-order valence-corrected chi connectivity index (χ3v) is 3.84. The summed E-state index contributed by atoms with van der Waals surface area (Å²) < 4.78 is 18.9. The van der Waals surface area contributed by atoms with Crippen LogP contribution in [0.4, 0.5) is 10.1 Å². The van der Waals surface area contributed by atoms with E-state index < -0.39 is 22.7 Å². The predicted octanol–water partition coefficient (Wildman–Crippen LogP) is 0.965. The Labute approximate surface area is 141 Å². The number of carbonyl (C=O) groups is 3. The molecule has 2 rings (SSSR count). The maximum atomic E-state index is 14.2. The average Bonchev–Trinajstić information content (AvgIpc) is 2.88. The Morgan fingerprint density at radius 3 is 2.83 bits per heavy atom. The van der Waals surface area contributed by atoms with Crippen LogP contribution < -0.4 is 5.32 Å². The summed E-state index contributed by atoms with van der Waals surface area (Å²) in [5, 5.41) is 11.1. The lowest BCUT2D eigenvalue weighted by Crippen LogP contribution is -2.31. The number of hydrogen-bond donors (Lipinski definition) is 2. The van der Waals surface area contributed by atoms with E-state index in [0.29, 0.717) is 6.29 Å². The fourth-order valence-corrected chi connectivity index (χ4v) is 2.44. The summed E-state index contributed by atoms with van der Waals surface area (Å²) >= 11 is 5.74. The maximum Gasteiger partial charge on any atom is 0.337 e. The Hall–Kier alpha value is -2.45. The summed E-state index contributed by atoms with van der Waals surface area (Å²) in [6.07, 6.45) is 0.401. The molecule has 9 heteroatoms. The zero-order valence-corrected chi connectivity index (χ0v) is 13.4. The van der Waals surface area contributed by atoms with Crippen LogP contribution in [0.1, 0.15) is 10.4 Å². The summed E-state index contributed by atoms with van der Waals surface area (Å²) in [6.45, 7) is -0.351. The van der Waals surface area contributed by atoms with E-state index in [1.807, 2.05) is 0 Å². The molecule has 0 aromatic heterocycles. The van der Waals surface area contributed by atoms with Crippen molar-refractivity contribution < 1.29 is 28.6 Å². The number of nitrogens with zero attached hydrogens (tertiary/aromatic N) is 1. The Bertz CT molecular complexity index is 735. The second-order valence-corrected chi connectivity index (χ2v) is 5.25. The number of rotatable bonds is 6. The van der Waals surface area contributed by atoms with Crippen molar-refractivity contribution in [2.75, 3.05) is 32.1 Å². The van der Waals surface area contributed by atoms with Crippen molar-refractivity contribution in [3.8, 4) is 0 Å². The quantitative estimate of drug-likeness (QED) is 0.582. The van der Waals surface area contributed by atoms with E-state index in [9.17, 15) is 18.8 Å². The lowest BCUT2D eigenvalue weighted by molar-refractivity contribution is -0.136. The number of esters is 1. The number of halogens is 2. The third-order valence-electron chi connectivity index (χ3n) is 3.45. The van der Waals surface area contributed by atoms with Gasteiger partial charge in [-0.1, -0.05) is 11.6 Å². The Morgan fingerprint density at radius 2 is 2.25 bits per heavy atom. The van der Waals surface area contributed by atoms with Crippen LogP contribution in [0.3, 0.4) is 0 Å². The van der Waals surface area contributed by atoms with Crippen LogP contribution in [0.2, 0.25) is 5.02 Å². The van der Waals surface area contributed by atoms with Crippen LogP contribution in [0.5, 0.6) is 0 Å². The van der Waals surface area contributed by atoms with Crippen molar-refractivity contribution in [1.29, 1.82) is 0 Å². The first-order valence-corrected chi connectivity index (χ1v) is 7.24. The van der Waals surface area contributed by atoms with Crippen LogP contribution in [0, 0.1) is 5.82 Å². The van der Waals surface area contributed by atoms with Crippen molar-refractivity contribution in [2.45, 2.75) is 0 Å². The average molecular weight is 357 g/mol. The zero-order chi connectivity index (χ0) is 17.9. The fourth-order valence-electron chi connectivity index (χ4n) is 2.24. The molecule has 1 aliphatic heterocycles.